The number of rotatable bonds is 6. The van der Waals surface area contributed by atoms with E-state index in [-0.39, 0.29) is 24.3 Å². The minimum atomic E-state index is -0.683. The van der Waals surface area contributed by atoms with Crippen LogP contribution in [0.2, 0.25) is 0 Å². The molecule has 21 heavy (non-hydrogen) atoms. The average Bonchev–Trinajstić information content (AvgIpc) is 2.75. The SMILES string of the molecule is CC(O)Cn1c(NCCCO)nc2c1c(=O)[nH]c(=O)n2C. The Morgan fingerprint density at radius 1 is 1.43 bits per heavy atom. The molecule has 0 fully saturated rings. The van der Waals surface area contributed by atoms with Gasteiger partial charge in [0.1, 0.15) is 0 Å². The number of aromatic amines is 1. The number of hydrogen-bond acceptors (Lipinski definition) is 6. The Bertz CT molecular complexity index is 742. The molecule has 0 spiro atoms. The second-order valence-electron chi connectivity index (χ2n) is 4.89. The summed E-state index contributed by atoms with van der Waals surface area (Å²) in [5.41, 5.74) is -0.618. The molecule has 2 aromatic heterocycles. The van der Waals surface area contributed by atoms with Gasteiger partial charge in [0, 0.05) is 20.2 Å². The molecule has 0 bridgehead atoms. The predicted octanol–water partition coefficient (Wildman–Crippen LogP) is -1.40. The Kier molecular flexibility index (Phi) is 4.43. The molecule has 9 heteroatoms. The monoisotopic (exact) mass is 297 g/mol. The normalized spacial score (nSPS) is 12.8. The molecule has 116 valence electrons. The van der Waals surface area contributed by atoms with Crippen LogP contribution >= 0.6 is 0 Å². The zero-order valence-electron chi connectivity index (χ0n) is 12.0. The number of aliphatic hydroxyl groups is 2. The van der Waals surface area contributed by atoms with Crippen LogP contribution in [0.5, 0.6) is 0 Å². The molecule has 1 unspecified atom stereocenters. The molecule has 2 rings (SSSR count). The Morgan fingerprint density at radius 3 is 2.76 bits per heavy atom. The third-order valence-electron chi connectivity index (χ3n) is 3.07. The maximum Gasteiger partial charge on any atom is 0.329 e. The van der Waals surface area contributed by atoms with Gasteiger partial charge >= 0.3 is 5.69 Å². The summed E-state index contributed by atoms with van der Waals surface area (Å²) in [7, 11) is 1.51. The van der Waals surface area contributed by atoms with E-state index in [1.54, 1.807) is 6.92 Å². The zero-order chi connectivity index (χ0) is 15.6. The summed E-state index contributed by atoms with van der Waals surface area (Å²) in [5, 5.41) is 21.4. The Balaban J connectivity index is 2.61. The molecule has 9 nitrogen and oxygen atoms in total. The molecule has 2 heterocycles. The first-order valence-corrected chi connectivity index (χ1v) is 6.68. The number of hydrogen-bond donors (Lipinski definition) is 4. The second-order valence-corrected chi connectivity index (χ2v) is 4.89. The molecule has 2 aromatic rings. The van der Waals surface area contributed by atoms with Gasteiger partial charge in [0.15, 0.2) is 11.2 Å². The van der Waals surface area contributed by atoms with Crippen molar-refractivity contribution in [1.29, 1.82) is 0 Å². The number of anilines is 1. The van der Waals surface area contributed by atoms with Crippen molar-refractivity contribution in [3.05, 3.63) is 20.8 Å². The average molecular weight is 297 g/mol. The minimum Gasteiger partial charge on any atom is -0.396 e. The van der Waals surface area contributed by atoms with Crippen molar-refractivity contribution in [1.82, 2.24) is 19.1 Å². The second kappa shape index (κ2) is 6.10. The van der Waals surface area contributed by atoms with Gasteiger partial charge in [0.2, 0.25) is 5.95 Å². The number of H-pyrrole nitrogens is 1. The number of nitrogens with one attached hydrogen (secondary N) is 2. The molecular formula is C12H19N5O4. The Hall–Kier alpha value is -2.13. The number of imidazole rings is 1. The molecule has 0 amide bonds. The van der Waals surface area contributed by atoms with Gasteiger partial charge in [0.05, 0.1) is 12.6 Å². The molecule has 0 aliphatic heterocycles. The standard InChI is InChI=1S/C12H19N5O4/c1-7(19)6-17-8-9(14-11(17)13-4-3-5-18)16(2)12(21)15-10(8)20/h7,18-19H,3-6H2,1-2H3,(H,13,14)(H,15,20,21). The van der Waals surface area contributed by atoms with Gasteiger partial charge in [-0.05, 0) is 13.3 Å². The van der Waals surface area contributed by atoms with Crippen molar-refractivity contribution < 1.29 is 10.2 Å². The first-order chi connectivity index (χ1) is 9.95. The van der Waals surface area contributed by atoms with Crippen molar-refractivity contribution in [2.24, 2.45) is 7.05 Å². The quantitative estimate of drug-likeness (QED) is 0.486. The summed E-state index contributed by atoms with van der Waals surface area (Å²) in [5.74, 6) is 0.381. The van der Waals surface area contributed by atoms with Gasteiger partial charge in [-0.2, -0.15) is 4.98 Å². The van der Waals surface area contributed by atoms with Gasteiger partial charge < -0.3 is 20.1 Å². The van der Waals surface area contributed by atoms with Crippen molar-refractivity contribution in [2.45, 2.75) is 26.0 Å². The molecule has 1 atom stereocenters. The largest absolute Gasteiger partial charge is 0.396 e. The van der Waals surface area contributed by atoms with E-state index in [0.29, 0.717) is 18.9 Å². The lowest BCUT2D eigenvalue weighted by Gasteiger charge is -2.11. The number of aliphatic hydroxyl groups excluding tert-OH is 2. The van der Waals surface area contributed by atoms with E-state index in [4.69, 9.17) is 5.11 Å². The van der Waals surface area contributed by atoms with Crippen LogP contribution in [-0.4, -0.2) is 48.6 Å². The third kappa shape index (κ3) is 2.98. The number of nitrogens with zero attached hydrogens (tertiary/aromatic N) is 3. The van der Waals surface area contributed by atoms with Crippen LogP contribution in [0, 0.1) is 0 Å². The summed E-state index contributed by atoms with van der Waals surface area (Å²) >= 11 is 0. The van der Waals surface area contributed by atoms with Crippen LogP contribution in [0.25, 0.3) is 11.2 Å². The van der Waals surface area contributed by atoms with Gasteiger partial charge in [-0.1, -0.05) is 0 Å². The maximum absolute atomic E-state index is 12.0. The smallest absolute Gasteiger partial charge is 0.329 e. The topological polar surface area (TPSA) is 125 Å². The maximum atomic E-state index is 12.0. The lowest BCUT2D eigenvalue weighted by Crippen LogP contribution is -2.29. The van der Waals surface area contributed by atoms with E-state index in [9.17, 15) is 14.7 Å². The highest BCUT2D eigenvalue weighted by Crippen LogP contribution is 2.15. The highest BCUT2D eigenvalue weighted by Gasteiger charge is 2.17. The molecule has 0 radical (unpaired) electrons. The van der Waals surface area contributed by atoms with Crippen LogP contribution in [0.4, 0.5) is 5.95 Å². The van der Waals surface area contributed by atoms with Crippen LogP contribution < -0.4 is 16.6 Å². The summed E-state index contributed by atoms with van der Waals surface area (Å²) in [6, 6.07) is 0. The molecule has 0 saturated heterocycles. The zero-order valence-corrected chi connectivity index (χ0v) is 12.0. The highest BCUT2D eigenvalue weighted by atomic mass is 16.3. The number of aromatic nitrogens is 4. The van der Waals surface area contributed by atoms with Gasteiger partial charge in [-0.15, -0.1) is 0 Å². The first-order valence-electron chi connectivity index (χ1n) is 6.68. The first kappa shape index (κ1) is 15.3. The number of fused-ring (bicyclic) bond motifs is 1. The molecule has 0 aliphatic carbocycles. The van der Waals surface area contributed by atoms with Gasteiger partial charge in [-0.3, -0.25) is 14.3 Å². The van der Waals surface area contributed by atoms with E-state index >= 15 is 0 Å². The van der Waals surface area contributed by atoms with Crippen LogP contribution in [0.1, 0.15) is 13.3 Å². The minimum absolute atomic E-state index is 0.0305. The summed E-state index contributed by atoms with van der Waals surface area (Å²) < 4.78 is 2.78. The van der Waals surface area contributed by atoms with E-state index in [1.807, 2.05) is 0 Å². The van der Waals surface area contributed by atoms with E-state index in [2.05, 4.69) is 15.3 Å². The van der Waals surface area contributed by atoms with Crippen LogP contribution in [0.3, 0.4) is 0 Å². The van der Waals surface area contributed by atoms with Crippen molar-refractivity contribution in [3.8, 4) is 0 Å². The van der Waals surface area contributed by atoms with Crippen molar-refractivity contribution in [2.75, 3.05) is 18.5 Å². The highest BCUT2D eigenvalue weighted by molar-refractivity contribution is 5.74. The molecule has 4 N–H and O–H groups in total. The Labute approximate surface area is 119 Å². The summed E-state index contributed by atoms with van der Waals surface area (Å²) in [6.45, 7) is 2.26. The molecule has 0 saturated carbocycles. The molecular weight excluding hydrogens is 278 g/mol. The molecule has 0 aliphatic rings. The lowest BCUT2D eigenvalue weighted by atomic mass is 10.4. The van der Waals surface area contributed by atoms with Crippen molar-refractivity contribution >= 4 is 17.1 Å². The number of aryl methyl sites for hydroxylation is 1. The van der Waals surface area contributed by atoms with Crippen LogP contribution in [0.15, 0.2) is 9.59 Å². The van der Waals surface area contributed by atoms with E-state index < -0.39 is 17.4 Å². The van der Waals surface area contributed by atoms with Gasteiger partial charge in [0.25, 0.3) is 5.56 Å². The molecule has 0 aromatic carbocycles. The Morgan fingerprint density at radius 2 is 2.14 bits per heavy atom. The van der Waals surface area contributed by atoms with Crippen LogP contribution in [-0.2, 0) is 13.6 Å². The fourth-order valence-corrected chi connectivity index (χ4v) is 2.09. The third-order valence-corrected chi connectivity index (χ3v) is 3.07. The summed E-state index contributed by atoms with van der Waals surface area (Å²) in [6.07, 6.45) is -0.162. The fourth-order valence-electron chi connectivity index (χ4n) is 2.09. The fraction of sp³-hybridized carbons (Fsp3) is 0.583. The lowest BCUT2D eigenvalue weighted by molar-refractivity contribution is 0.175. The summed E-state index contributed by atoms with van der Waals surface area (Å²) in [4.78, 5) is 30.1. The van der Waals surface area contributed by atoms with E-state index in [1.165, 1.54) is 16.2 Å². The van der Waals surface area contributed by atoms with Crippen molar-refractivity contribution in [3.63, 3.8) is 0 Å². The predicted molar refractivity (Wildman–Crippen MR) is 77.5 cm³/mol. The van der Waals surface area contributed by atoms with Gasteiger partial charge in [-0.25, -0.2) is 4.79 Å². The van der Waals surface area contributed by atoms with E-state index in [0.717, 1.165) is 0 Å².